The van der Waals surface area contributed by atoms with E-state index in [9.17, 15) is 0 Å². The highest BCUT2D eigenvalue weighted by atomic mass is 16.5. The van der Waals surface area contributed by atoms with Gasteiger partial charge in [-0.05, 0) is 35.1 Å². The van der Waals surface area contributed by atoms with Crippen molar-refractivity contribution in [2.75, 3.05) is 13.7 Å². The number of unbranched alkanes of at least 4 members (excludes halogenated alkanes) is 8. The number of rotatable bonds is 18. The third-order valence-corrected chi connectivity index (χ3v) is 7.93. The van der Waals surface area contributed by atoms with Crippen LogP contribution < -0.4 is 0 Å². The van der Waals surface area contributed by atoms with Crippen LogP contribution in [0.2, 0.25) is 0 Å². The molecule has 2 nitrogen and oxygen atoms in total. The van der Waals surface area contributed by atoms with Crippen LogP contribution >= 0.6 is 0 Å². The average Bonchev–Trinajstić information content (AvgIpc) is 3.03. The van der Waals surface area contributed by atoms with Crippen LogP contribution in [0.3, 0.4) is 0 Å². The van der Waals surface area contributed by atoms with E-state index >= 15 is 0 Å². The second-order valence-electron chi connectivity index (χ2n) is 10.7. The molecule has 4 aromatic carbocycles. The predicted octanol–water partition coefficient (Wildman–Crippen LogP) is 10.3. The summed E-state index contributed by atoms with van der Waals surface area (Å²) in [5.41, 5.74) is 4.21. The fourth-order valence-corrected chi connectivity index (χ4v) is 5.75. The van der Waals surface area contributed by atoms with Crippen molar-refractivity contribution in [3.8, 4) is 0 Å². The predicted molar refractivity (Wildman–Crippen MR) is 168 cm³/mol. The first kappa shape index (κ1) is 29.8. The van der Waals surface area contributed by atoms with E-state index in [1.165, 1.54) is 73.6 Å². The molecule has 0 spiro atoms. The van der Waals surface area contributed by atoms with Crippen LogP contribution in [0.4, 0.5) is 0 Å². The molecule has 4 rings (SSSR count). The normalized spacial score (nSPS) is 12.3. The second-order valence-corrected chi connectivity index (χ2v) is 10.7. The fourth-order valence-electron chi connectivity index (χ4n) is 5.75. The number of hydrogen-bond donors (Lipinski definition) is 0. The maximum atomic E-state index is 6.91. The Kier molecular flexibility index (Phi) is 12.5. The minimum atomic E-state index is -0.605. The van der Waals surface area contributed by atoms with Crippen molar-refractivity contribution in [1.82, 2.24) is 0 Å². The van der Waals surface area contributed by atoms with Gasteiger partial charge in [-0.1, -0.05) is 173 Å². The molecule has 0 bridgehead atoms. The zero-order valence-electron chi connectivity index (χ0n) is 24.2. The lowest BCUT2D eigenvalue weighted by atomic mass is 9.80. The van der Waals surface area contributed by atoms with E-state index in [-0.39, 0.29) is 6.10 Å². The van der Waals surface area contributed by atoms with Gasteiger partial charge in [0.1, 0.15) is 5.60 Å². The van der Waals surface area contributed by atoms with Crippen LogP contribution in [0.5, 0.6) is 0 Å². The Bertz CT molecular complexity index is 1080. The molecule has 0 fully saturated rings. The van der Waals surface area contributed by atoms with Gasteiger partial charge in [-0.2, -0.15) is 0 Å². The van der Waals surface area contributed by atoms with E-state index in [1.807, 2.05) is 7.11 Å². The molecule has 2 heteroatoms. The van der Waals surface area contributed by atoms with Gasteiger partial charge in [-0.15, -0.1) is 0 Å². The highest BCUT2D eigenvalue weighted by Gasteiger charge is 2.37. The van der Waals surface area contributed by atoms with E-state index in [2.05, 4.69) is 121 Å². The Labute approximate surface area is 242 Å². The van der Waals surface area contributed by atoms with Crippen LogP contribution in [0.1, 0.15) is 92.6 Å². The van der Waals surface area contributed by atoms with Gasteiger partial charge in [-0.3, -0.25) is 0 Å². The molecule has 0 amide bonds. The number of hydrogen-bond acceptors (Lipinski definition) is 2. The molecule has 0 saturated carbocycles. The first-order valence-electron chi connectivity index (χ1n) is 15.2. The van der Waals surface area contributed by atoms with Gasteiger partial charge in [0.25, 0.3) is 0 Å². The molecule has 0 aliphatic carbocycles. The van der Waals surface area contributed by atoms with Crippen molar-refractivity contribution in [1.29, 1.82) is 0 Å². The van der Waals surface area contributed by atoms with Gasteiger partial charge in [0.2, 0.25) is 0 Å². The third kappa shape index (κ3) is 8.40. The molecule has 40 heavy (non-hydrogen) atoms. The summed E-state index contributed by atoms with van der Waals surface area (Å²) < 4.78 is 12.6. The Balaban J connectivity index is 1.19. The summed E-state index contributed by atoms with van der Waals surface area (Å²) in [6, 6.07) is 42.6. The summed E-state index contributed by atoms with van der Waals surface area (Å²) in [6.45, 7) is 0.737. The maximum Gasteiger partial charge on any atom is 0.143 e. The first-order chi connectivity index (χ1) is 19.8. The Morgan fingerprint density at radius 3 is 1.27 bits per heavy atom. The lowest BCUT2D eigenvalue weighted by Crippen LogP contribution is -2.33. The van der Waals surface area contributed by atoms with Crippen LogP contribution in [0, 0.1) is 0 Å². The monoisotopic (exact) mass is 534 g/mol. The molecule has 210 valence electrons. The van der Waals surface area contributed by atoms with Crippen molar-refractivity contribution < 1.29 is 9.47 Å². The summed E-state index contributed by atoms with van der Waals surface area (Å²) in [7, 11) is 1.83. The van der Waals surface area contributed by atoms with Crippen molar-refractivity contribution in [2.24, 2.45) is 0 Å². The van der Waals surface area contributed by atoms with Gasteiger partial charge in [-0.25, -0.2) is 0 Å². The van der Waals surface area contributed by atoms with Gasteiger partial charge < -0.3 is 9.47 Å². The molecule has 0 saturated heterocycles. The smallest absolute Gasteiger partial charge is 0.143 e. The largest absolute Gasteiger partial charge is 0.377 e. The van der Waals surface area contributed by atoms with Crippen LogP contribution in [-0.4, -0.2) is 13.7 Å². The van der Waals surface area contributed by atoms with Crippen LogP contribution in [0.25, 0.3) is 0 Å². The lowest BCUT2D eigenvalue weighted by Gasteiger charge is -2.36. The SMILES string of the molecule is COC(CCCCCCCCCCCOC(c1ccccc1)(c1ccccc1)c1ccccc1)c1ccccc1. The minimum Gasteiger partial charge on any atom is -0.377 e. The number of ether oxygens (including phenoxy) is 2. The molecule has 0 radical (unpaired) electrons. The van der Waals surface area contributed by atoms with Crippen molar-refractivity contribution >= 4 is 0 Å². The molecule has 0 aromatic heterocycles. The third-order valence-electron chi connectivity index (χ3n) is 7.93. The number of benzene rings is 4. The standard InChI is InChI=1S/C38H46O2/c1-39-37(33-23-13-9-14-24-33)31-21-7-5-3-2-4-6-8-22-32-40-38(34-25-15-10-16-26-34,35-27-17-11-18-28-35)36-29-19-12-20-30-36/h9-20,23-30,37H,2-8,21-22,31-32H2,1H3. The van der Waals surface area contributed by atoms with Gasteiger partial charge in [0.05, 0.1) is 6.10 Å². The highest BCUT2D eigenvalue weighted by Crippen LogP contribution is 2.40. The summed E-state index contributed by atoms with van der Waals surface area (Å²) in [5.74, 6) is 0. The minimum absolute atomic E-state index is 0.229. The van der Waals surface area contributed by atoms with E-state index in [0.29, 0.717) is 0 Å². The number of methoxy groups -OCH3 is 1. The molecule has 4 aromatic rings. The second kappa shape index (κ2) is 16.8. The van der Waals surface area contributed by atoms with E-state index < -0.39 is 5.60 Å². The average molecular weight is 535 g/mol. The van der Waals surface area contributed by atoms with E-state index in [1.54, 1.807) is 0 Å². The highest BCUT2D eigenvalue weighted by molar-refractivity contribution is 5.47. The molecule has 1 unspecified atom stereocenters. The summed E-state index contributed by atoms with van der Waals surface area (Å²) in [6.07, 6.45) is 12.7. The molecular formula is C38H46O2. The molecular weight excluding hydrogens is 488 g/mol. The fraction of sp³-hybridized carbons (Fsp3) is 0.368. The lowest BCUT2D eigenvalue weighted by molar-refractivity contribution is 0.0106. The van der Waals surface area contributed by atoms with Crippen LogP contribution in [0.15, 0.2) is 121 Å². The molecule has 1 atom stereocenters. The van der Waals surface area contributed by atoms with E-state index in [0.717, 1.165) is 19.4 Å². The van der Waals surface area contributed by atoms with Gasteiger partial charge >= 0.3 is 0 Å². The maximum absolute atomic E-state index is 6.91. The Morgan fingerprint density at radius 2 is 0.850 bits per heavy atom. The van der Waals surface area contributed by atoms with Crippen molar-refractivity contribution in [3.05, 3.63) is 144 Å². The zero-order chi connectivity index (χ0) is 27.7. The van der Waals surface area contributed by atoms with Gasteiger partial charge in [0.15, 0.2) is 0 Å². The molecule has 0 N–H and O–H groups in total. The summed E-state index contributed by atoms with van der Waals surface area (Å²) >= 11 is 0. The van der Waals surface area contributed by atoms with Crippen molar-refractivity contribution in [2.45, 2.75) is 75.9 Å². The Hall–Kier alpha value is -3.20. The van der Waals surface area contributed by atoms with E-state index in [4.69, 9.17) is 9.47 Å². The van der Waals surface area contributed by atoms with Gasteiger partial charge in [0, 0.05) is 13.7 Å². The molecule has 0 aliphatic heterocycles. The topological polar surface area (TPSA) is 18.5 Å². The quantitative estimate of drug-likeness (QED) is 0.0933. The zero-order valence-corrected chi connectivity index (χ0v) is 24.2. The summed E-state index contributed by atoms with van der Waals surface area (Å²) in [5, 5.41) is 0. The van der Waals surface area contributed by atoms with Crippen molar-refractivity contribution in [3.63, 3.8) is 0 Å². The Morgan fingerprint density at radius 1 is 0.475 bits per heavy atom. The van der Waals surface area contributed by atoms with Crippen LogP contribution in [-0.2, 0) is 15.1 Å². The molecule has 0 aliphatic rings. The molecule has 0 heterocycles. The summed E-state index contributed by atoms with van der Waals surface area (Å²) in [4.78, 5) is 0. The first-order valence-corrected chi connectivity index (χ1v) is 15.2.